The van der Waals surface area contributed by atoms with Crippen LogP contribution in [0, 0.1) is 6.92 Å². The molecule has 0 unspecified atom stereocenters. The van der Waals surface area contributed by atoms with E-state index in [-0.39, 0.29) is 17.9 Å². The second kappa shape index (κ2) is 8.36. The molecule has 2 aromatic carbocycles. The van der Waals surface area contributed by atoms with Crippen LogP contribution in [-0.4, -0.2) is 43.5 Å². The lowest BCUT2D eigenvalue weighted by Gasteiger charge is -2.34. The second-order valence-electron chi connectivity index (χ2n) is 8.30. The van der Waals surface area contributed by atoms with Crippen LogP contribution >= 0.6 is 0 Å². The van der Waals surface area contributed by atoms with E-state index < -0.39 is 0 Å². The summed E-state index contributed by atoms with van der Waals surface area (Å²) in [6.45, 7) is 6.71. The number of hydrogen-bond acceptors (Lipinski definition) is 5. The van der Waals surface area contributed by atoms with Crippen LogP contribution in [0.2, 0.25) is 0 Å². The molecule has 0 radical (unpaired) electrons. The molecule has 1 aliphatic heterocycles. The van der Waals surface area contributed by atoms with Gasteiger partial charge < -0.3 is 26.6 Å². The van der Waals surface area contributed by atoms with E-state index in [2.05, 4.69) is 27.8 Å². The van der Waals surface area contributed by atoms with Gasteiger partial charge in [0.25, 0.3) is 11.8 Å². The Hall–Kier alpha value is -3.06. The number of nitrogens with zero attached hydrogens (tertiary/aromatic N) is 1. The van der Waals surface area contributed by atoms with Gasteiger partial charge in [-0.3, -0.25) is 9.59 Å². The molecule has 158 valence electrons. The highest BCUT2D eigenvalue weighted by Crippen LogP contribution is 2.25. The normalized spacial score (nSPS) is 18.7. The van der Waals surface area contributed by atoms with Crippen molar-refractivity contribution in [2.24, 2.45) is 0 Å². The minimum Gasteiger partial charge on any atom is -0.398 e. The van der Waals surface area contributed by atoms with Gasteiger partial charge in [0.15, 0.2) is 0 Å². The van der Waals surface area contributed by atoms with Crippen molar-refractivity contribution in [2.45, 2.75) is 38.8 Å². The molecule has 2 amide bonds. The molecule has 0 aromatic heterocycles. The van der Waals surface area contributed by atoms with E-state index in [1.807, 2.05) is 25.1 Å². The zero-order valence-corrected chi connectivity index (χ0v) is 17.5. The zero-order chi connectivity index (χ0) is 21.3. The molecule has 30 heavy (non-hydrogen) atoms. The highest BCUT2D eigenvalue weighted by molar-refractivity contribution is 6.09. The van der Waals surface area contributed by atoms with Crippen molar-refractivity contribution >= 4 is 28.9 Å². The minimum atomic E-state index is -0.277. The van der Waals surface area contributed by atoms with Gasteiger partial charge in [0, 0.05) is 54.3 Å². The van der Waals surface area contributed by atoms with E-state index in [4.69, 9.17) is 5.73 Å². The predicted octanol–water partition coefficient (Wildman–Crippen LogP) is 2.52. The third kappa shape index (κ3) is 4.57. The van der Waals surface area contributed by atoms with Gasteiger partial charge >= 0.3 is 0 Å². The maximum absolute atomic E-state index is 13.0. The predicted molar refractivity (Wildman–Crippen MR) is 120 cm³/mol. The van der Waals surface area contributed by atoms with Crippen molar-refractivity contribution in [3.63, 3.8) is 0 Å². The summed E-state index contributed by atoms with van der Waals surface area (Å²) in [4.78, 5) is 27.6. The number of piperazine rings is 1. The molecule has 2 aromatic rings. The third-order valence-electron chi connectivity index (χ3n) is 5.68. The fourth-order valence-electron chi connectivity index (χ4n) is 3.69. The van der Waals surface area contributed by atoms with Gasteiger partial charge in [-0.15, -0.1) is 0 Å². The SMILES string of the molecule is Cc1ccc(C(=O)NC2CC2)cc1NC(=O)c1cc(N2CCN[C@@H](C)C2)ccc1N. The number of nitrogens with one attached hydrogen (secondary N) is 3. The largest absolute Gasteiger partial charge is 0.398 e. The maximum atomic E-state index is 13.0. The molecular formula is C23H29N5O2. The number of benzene rings is 2. The summed E-state index contributed by atoms with van der Waals surface area (Å²) in [7, 11) is 0. The first-order valence-corrected chi connectivity index (χ1v) is 10.5. The third-order valence-corrected chi connectivity index (χ3v) is 5.68. The smallest absolute Gasteiger partial charge is 0.257 e. The molecule has 1 aliphatic carbocycles. The van der Waals surface area contributed by atoms with Gasteiger partial charge in [0.2, 0.25) is 0 Å². The molecular weight excluding hydrogens is 378 g/mol. The molecule has 7 heteroatoms. The quantitative estimate of drug-likeness (QED) is 0.571. The van der Waals surface area contributed by atoms with Crippen molar-refractivity contribution in [1.29, 1.82) is 0 Å². The molecule has 1 atom stereocenters. The van der Waals surface area contributed by atoms with Gasteiger partial charge in [-0.05, 0) is 62.6 Å². The molecule has 0 bridgehead atoms. The number of amides is 2. The zero-order valence-electron chi connectivity index (χ0n) is 17.5. The Morgan fingerprint density at radius 2 is 1.93 bits per heavy atom. The number of rotatable bonds is 5. The molecule has 2 fully saturated rings. The highest BCUT2D eigenvalue weighted by atomic mass is 16.2. The first-order chi connectivity index (χ1) is 14.4. The van der Waals surface area contributed by atoms with Crippen molar-refractivity contribution in [2.75, 3.05) is 35.6 Å². The van der Waals surface area contributed by atoms with Crippen LogP contribution in [0.3, 0.4) is 0 Å². The Bertz CT molecular complexity index is 970. The lowest BCUT2D eigenvalue weighted by atomic mass is 10.1. The van der Waals surface area contributed by atoms with Gasteiger partial charge in [0.1, 0.15) is 0 Å². The van der Waals surface area contributed by atoms with E-state index >= 15 is 0 Å². The molecule has 0 spiro atoms. The fraction of sp³-hybridized carbons (Fsp3) is 0.391. The molecule has 1 saturated heterocycles. The van der Waals surface area contributed by atoms with E-state index in [0.29, 0.717) is 28.5 Å². The molecule has 5 N–H and O–H groups in total. The Morgan fingerprint density at radius 3 is 2.67 bits per heavy atom. The van der Waals surface area contributed by atoms with E-state index in [9.17, 15) is 9.59 Å². The molecule has 2 aliphatic rings. The summed E-state index contributed by atoms with van der Waals surface area (Å²) in [5.74, 6) is -0.386. The monoisotopic (exact) mass is 407 g/mol. The lowest BCUT2D eigenvalue weighted by molar-refractivity contribution is 0.0949. The summed E-state index contributed by atoms with van der Waals surface area (Å²) in [5, 5.41) is 9.34. The van der Waals surface area contributed by atoms with Crippen LogP contribution < -0.4 is 26.6 Å². The summed E-state index contributed by atoms with van der Waals surface area (Å²) >= 11 is 0. The van der Waals surface area contributed by atoms with Crippen LogP contribution in [0.4, 0.5) is 17.1 Å². The molecule has 1 heterocycles. The number of anilines is 3. The fourth-order valence-corrected chi connectivity index (χ4v) is 3.69. The Kier molecular flexibility index (Phi) is 5.63. The van der Waals surface area contributed by atoms with Gasteiger partial charge in [-0.25, -0.2) is 0 Å². The van der Waals surface area contributed by atoms with Crippen LogP contribution in [0.15, 0.2) is 36.4 Å². The number of nitrogen functional groups attached to an aromatic ring is 1. The number of nitrogens with two attached hydrogens (primary N) is 1. The molecule has 1 saturated carbocycles. The Labute approximate surface area is 177 Å². The summed E-state index contributed by atoms with van der Waals surface area (Å²) in [5.41, 5.74) is 10.0. The first kappa shape index (κ1) is 20.2. The molecule has 4 rings (SSSR count). The Morgan fingerprint density at radius 1 is 1.13 bits per heavy atom. The van der Waals surface area contributed by atoms with Crippen molar-refractivity contribution in [1.82, 2.24) is 10.6 Å². The highest BCUT2D eigenvalue weighted by Gasteiger charge is 2.24. The van der Waals surface area contributed by atoms with Gasteiger partial charge in [-0.1, -0.05) is 6.07 Å². The lowest BCUT2D eigenvalue weighted by Crippen LogP contribution is -2.49. The Balaban J connectivity index is 1.53. The standard InChI is InChI=1S/C23H29N5O2/c1-14-3-4-16(22(29)26-17-5-6-17)11-21(14)27-23(30)19-12-18(7-8-20(19)24)28-10-9-25-15(2)13-28/h3-4,7-8,11-12,15,17,25H,5-6,9-10,13,24H2,1-2H3,(H,26,29)(H,27,30)/t15-/m0/s1. The maximum Gasteiger partial charge on any atom is 0.257 e. The van der Waals surface area contributed by atoms with Crippen molar-refractivity contribution in [3.05, 3.63) is 53.1 Å². The first-order valence-electron chi connectivity index (χ1n) is 10.5. The van der Waals surface area contributed by atoms with E-state index in [1.54, 1.807) is 18.2 Å². The van der Waals surface area contributed by atoms with Crippen LogP contribution in [0.25, 0.3) is 0 Å². The number of carbonyl (C=O) groups excluding carboxylic acids is 2. The number of carbonyl (C=O) groups is 2. The van der Waals surface area contributed by atoms with Crippen LogP contribution in [0.1, 0.15) is 46.0 Å². The van der Waals surface area contributed by atoms with Gasteiger partial charge in [-0.2, -0.15) is 0 Å². The van der Waals surface area contributed by atoms with Crippen LogP contribution in [0.5, 0.6) is 0 Å². The average Bonchev–Trinajstić information content (AvgIpc) is 3.54. The second-order valence-corrected chi connectivity index (χ2v) is 8.30. The van der Waals surface area contributed by atoms with E-state index in [0.717, 1.165) is 43.7 Å². The topological polar surface area (TPSA) is 99.5 Å². The average molecular weight is 408 g/mol. The summed E-state index contributed by atoms with van der Waals surface area (Å²) in [6, 6.07) is 11.6. The van der Waals surface area contributed by atoms with Crippen LogP contribution in [-0.2, 0) is 0 Å². The van der Waals surface area contributed by atoms with Crippen molar-refractivity contribution in [3.8, 4) is 0 Å². The molecule has 7 nitrogen and oxygen atoms in total. The summed E-state index contributed by atoms with van der Waals surface area (Å²) in [6.07, 6.45) is 2.06. The number of aryl methyl sites for hydroxylation is 1. The minimum absolute atomic E-state index is 0.109. The number of hydrogen-bond donors (Lipinski definition) is 4. The van der Waals surface area contributed by atoms with Gasteiger partial charge in [0.05, 0.1) is 5.56 Å². The van der Waals surface area contributed by atoms with Crippen molar-refractivity contribution < 1.29 is 9.59 Å². The summed E-state index contributed by atoms with van der Waals surface area (Å²) < 4.78 is 0. The van der Waals surface area contributed by atoms with E-state index in [1.165, 1.54) is 0 Å².